The highest BCUT2D eigenvalue weighted by atomic mass is 32.1. The van der Waals surface area contributed by atoms with Gasteiger partial charge in [0.1, 0.15) is 18.1 Å². The van der Waals surface area contributed by atoms with Crippen molar-refractivity contribution >= 4 is 49.5 Å². The first-order valence-electron chi connectivity index (χ1n) is 18.2. The molecule has 2 saturated heterocycles. The summed E-state index contributed by atoms with van der Waals surface area (Å²) in [5.74, 6) is -0.330. The zero-order valence-corrected chi connectivity index (χ0v) is 30.5. The lowest BCUT2D eigenvalue weighted by atomic mass is 10.1. The molecule has 13 nitrogen and oxygen atoms in total. The number of pyridine rings is 2. The summed E-state index contributed by atoms with van der Waals surface area (Å²) in [6, 6.07) is 4.54. The van der Waals surface area contributed by atoms with Crippen molar-refractivity contribution in [3.8, 4) is 27.7 Å². The van der Waals surface area contributed by atoms with Crippen molar-refractivity contribution in [2.45, 2.75) is 31.8 Å². The van der Waals surface area contributed by atoms with Crippen LogP contribution in [0.5, 0.6) is 5.75 Å². The zero-order valence-electron chi connectivity index (χ0n) is 29.7. The summed E-state index contributed by atoms with van der Waals surface area (Å²) in [5, 5.41) is 14.3. The van der Waals surface area contributed by atoms with Gasteiger partial charge in [-0.05, 0) is 52.1 Å². The molecule has 0 unspecified atom stereocenters. The maximum Gasteiger partial charge on any atom is 0.235 e. The Labute approximate surface area is 306 Å². The van der Waals surface area contributed by atoms with E-state index < -0.39 is 11.6 Å². The van der Waals surface area contributed by atoms with Gasteiger partial charge < -0.3 is 33.5 Å². The van der Waals surface area contributed by atoms with Gasteiger partial charge in [0.05, 0.1) is 39.3 Å². The number of halogens is 2. The minimum atomic E-state index is -0.497. The molecule has 0 N–H and O–H groups in total. The second-order valence-corrected chi connectivity index (χ2v) is 15.9. The van der Waals surface area contributed by atoms with Crippen LogP contribution in [0, 0.1) is 11.6 Å². The summed E-state index contributed by atoms with van der Waals surface area (Å²) in [7, 11) is 4.10. The van der Waals surface area contributed by atoms with Crippen LogP contribution in [-0.2, 0) is 0 Å². The molecule has 0 amide bonds. The molecule has 3 fully saturated rings. The average molecular weight is 741 g/mol. The number of hydrogen-bond acceptors (Lipinski definition) is 11. The van der Waals surface area contributed by atoms with Crippen LogP contribution in [0.2, 0.25) is 0 Å². The van der Waals surface area contributed by atoms with Crippen LogP contribution in [0.15, 0.2) is 40.2 Å². The molecular formula is C37H38F2N10O3S. The van der Waals surface area contributed by atoms with Crippen LogP contribution in [-0.4, -0.2) is 112 Å². The van der Waals surface area contributed by atoms with E-state index in [1.807, 2.05) is 34.4 Å². The average Bonchev–Trinajstić information content (AvgIpc) is 3.79. The predicted molar refractivity (Wildman–Crippen MR) is 201 cm³/mol. The van der Waals surface area contributed by atoms with E-state index in [0.29, 0.717) is 70.9 Å². The first kappa shape index (κ1) is 32.7. The SMILES string of the molecule is C[C@H]1COc2c(N3CCN(C)CC3)c(F)cc3c(=O)c(-c4nn5c(-c6cn(C7CC7)c7cc(N8CCN(C)CC8)c(F)cc7c6=O)nnc5s4)cn1c23. The van der Waals surface area contributed by atoms with Gasteiger partial charge in [0, 0.05) is 76.2 Å². The molecule has 4 aliphatic rings. The summed E-state index contributed by atoms with van der Waals surface area (Å²) in [6.45, 7) is 8.28. The molecule has 0 spiro atoms. The number of anilines is 2. The van der Waals surface area contributed by atoms with Gasteiger partial charge in [0.2, 0.25) is 10.4 Å². The number of rotatable bonds is 5. The van der Waals surface area contributed by atoms with Crippen molar-refractivity contribution < 1.29 is 13.5 Å². The molecule has 0 bridgehead atoms. The van der Waals surface area contributed by atoms with Crippen LogP contribution >= 0.6 is 11.3 Å². The summed E-state index contributed by atoms with van der Waals surface area (Å²) in [4.78, 5) is 37.2. The molecule has 10 rings (SSSR count). The Bertz CT molecular complexity index is 2600. The van der Waals surface area contributed by atoms with E-state index >= 15 is 8.78 Å². The second-order valence-electron chi connectivity index (χ2n) is 14.9. The first-order valence-corrected chi connectivity index (χ1v) is 19.0. The highest BCUT2D eigenvalue weighted by Gasteiger charge is 2.32. The Morgan fingerprint density at radius 1 is 0.792 bits per heavy atom. The lowest BCUT2D eigenvalue weighted by molar-refractivity contribution is 0.245. The van der Waals surface area contributed by atoms with E-state index in [4.69, 9.17) is 9.84 Å². The number of ether oxygens (including phenoxy) is 1. The van der Waals surface area contributed by atoms with E-state index in [0.717, 1.165) is 50.4 Å². The lowest BCUT2D eigenvalue weighted by Gasteiger charge is -2.37. The lowest BCUT2D eigenvalue weighted by Crippen LogP contribution is -2.45. The van der Waals surface area contributed by atoms with Crippen LogP contribution in [0.1, 0.15) is 31.8 Å². The molecular weight excluding hydrogens is 703 g/mol. The second kappa shape index (κ2) is 12.0. The number of nitrogens with zero attached hydrogens (tertiary/aromatic N) is 10. The van der Waals surface area contributed by atoms with Crippen molar-refractivity contribution in [3.05, 3.63) is 62.7 Å². The van der Waals surface area contributed by atoms with Crippen molar-refractivity contribution in [3.63, 3.8) is 0 Å². The van der Waals surface area contributed by atoms with E-state index in [1.165, 1.54) is 16.6 Å². The molecule has 1 saturated carbocycles. The highest BCUT2D eigenvalue weighted by Crippen LogP contribution is 2.43. The summed E-state index contributed by atoms with van der Waals surface area (Å²) >= 11 is 1.16. The van der Waals surface area contributed by atoms with Crippen molar-refractivity contribution in [1.29, 1.82) is 0 Å². The van der Waals surface area contributed by atoms with Gasteiger partial charge in [-0.3, -0.25) is 9.59 Å². The number of fused-ring (bicyclic) bond motifs is 2. The monoisotopic (exact) mass is 740 g/mol. The van der Waals surface area contributed by atoms with Gasteiger partial charge in [0.15, 0.2) is 27.8 Å². The van der Waals surface area contributed by atoms with Crippen LogP contribution in [0.4, 0.5) is 20.2 Å². The largest absolute Gasteiger partial charge is 0.487 e. The number of piperazine rings is 2. The maximum atomic E-state index is 16.0. The van der Waals surface area contributed by atoms with Crippen molar-refractivity contribution in [2.75, 3.05) is 82.9 Å². The Kier molecular flexibility index (Phi) is 7.43. The molecule has 1 atom stereocenters. The fourth-order valence-electron chi connectivity index (χ4n) is 8.04. The normalized spacial score (nSPS) is 19.9. The molecule has 6 aromatic rings. The number of likely N-dealkylation sites (N-methyl/N-ethyl adjacent to an activating group) is 2. The molecule has 2 aromatic carbocycles. The summed E-state index contributed by atoms with van der Waals surface area (Å²) in [5.41, 5.74) is 1.95. The molecule has 16 heteroatoms. The van der Waals surface area contributed by atoms with E-state index in [1.54, 1.807) is 12.4 Å². The third-order valence-electron chi connectivity index (χ3n) is 11.3. The molecule has 3 aliphatic heterocycles. The Morgan fingerprint density at radius 2 is 1.45 bits per heavy atom. The van der Waals surface area contributed by atoms with Gasteiger partial charge >= 0.3 is 0 Å². The number of hydrogen-bond donors (Lipinski definition) is 0. The molecule has 1 aliphatic carbocycles. The van der Waals surface area contributed by atoms with Gasteiger partial charge in [-0.2, -0.15) is 9.61 Å². The fourth-order valence-corrected chi connectivity index (χ4v) is 8.89. The fraction of sp³-hybridized carbons (Fsp3) is 0.432. The van der Waals surface area contributed by atoms with Crippen LogP contribution < -0.4 is 25.4 Å². The van der Waals surface area contributed by atoms with Gasteiger partial charge in [-0.15, -0.1) is 10.2 Å². The predicted octanol–water partition coefficient (Wildman–Crippen LogP) is 4.22. The van der Waals surface area contributed by atoms with Gasteiger partial charge in [0.25, 0.3) is 0 Å². The van der Waals surface area contributed by atoms with Gasteiger partial charge in [-0.1, -0.05) is 11.3 Å². The molecule has 274 valence electrons. The molecule has 53 heavy (non-hydrogen) atoms. The first-order chi connectivity index (χ1) is 25.6. The van der Waals surface area contributed by atoms with Crippen LogP contribution in [0.3, 0.4) is 0 Å². The minimum absolute atomic E-state index is 0.132. The smallest absolute Gasteiger partial charge is 0.235 e. The summed E-state index contributed by atoms with van der Waals surface area (Å²) < 4.78 is 43.4. The minimum Gasteiger partial charge on any atom is -0.487 e. The van der Waals surface area contributed by atoms with Crippen LogP contribution in [0.25, 0.3) is 48.7 Å². The van der Waals surface area contributed by atoms with E-state index in [-0.39, 0.29) is 50.7 Å². The van der Waals surface area contributed by atoms with Crippen molar-refractivity contribution in [2.24, 2.45) is 0 Å². The summed E-state index contributed by atoms with van der Waals surface area (Å²) in [6.07, 6.45) is 5.47. The zero-order chi connectivity index (χ0) is 36.3. The number of benzene rings is 2. The maximum absolute atomic E-state index is 16.0. The quantitative estimate of drug-likeness (QED) is 0.255. The third kappa shape index (κ3) is 5.16. The molecule has 0 radical (unpaired) electrons. The number of aromatic nitrogens is 6. The Morgan fingerprint density at radius 3 is 2.17 bits per heavy atom. The van der Waals surface area contributed by atoms with E-state index in [9.17, 15) is 9.59 Å². The third-order valence-corrected chi connectivity index (χ3v) is 12.2. The van der Waals surface area contributed by atoms with Crippen molar-refractivity contribution in [1.82, 2.24) is 38.7 Å². The molecule has 4 aromatic heterocycles. The Hall–Kier alpha value is -4.93. The van der Waals surface area contributed by atoms with E-state index in [2.05, 4.69) is 31.6 Å². The highest BCUT2D eigenvalue weighted by molar-refractivity contribution is 7.19. The van der Waals surface area contributed by atoms with Gasteiger partial charge in [-0.25, -0.2) is 8.78 Å². The topological polar surface area (TPSA) is 109 Å². The standard InChI is InChI=1S/C37H38F2N10O3S/c1-20-19-52-34-30-23(15-27(39)31(34)46-12-8-44(3)9-13-46)33(51)25(18-47(20)30)36-42-49-35(40-41-37(49)53-36)24-17-48(21-4-5-21)28-16-29(26(38)14-22(28)32(24)50)45-10-6-43(2)7-11-45/h14-18,20-21H,4-13,19H2,1-3H3/t20-/m0/s1. The molecule has 7 heterocycles. The Balaban J connectivity index is 1.09.